The van der Waals surface area contributed by atoms with Crippen molar-refractivity contribution in [2.45, 2.75) is 6.92 Å². The lowest BCUT2D eigenvalue weighted by molar-refractivity contribution is 0.785. The smallest absolute Gasteiger partial charge is 0.157 e. The van der Waals surface area contributed by atoms with Crippen LogP contribution >= 0.6 is 0 Å². The predicted molar refractivity (Wildman–Crippen MR) is 43.2 cm³/mol. The van der Waals surface area contributed by atoms with E-state index in [-0.39, 0.29) is 0 Å². The fourth-order valence-electron chi connectivity index (χ4n) is 1.12. The van der Waals surface area contributed by atoms with Crippen LogP contribution in [0.5, 0.6) is 0 Å². The summed E-state index contributed by atoms with van der Waals surface area (Å²) in [7, 11) is 1.90. The first-order chi connectivity index (χ1) is 5.27. The van der Waals surface area contributed by atoms with E-state index >= 15 is 0 Å². The predicted octanol–water partition coefficient (Wildman–Crippen LogP) is 1.28. The van der Waals surface area contributed by atoms with Crippen LogP contribution in [-0.4, -0.2) is 14.8 Å². The summed E-state index contributed by atoms with van der Waals surface area (Å²) in [6.07, 6.45) is 1.82. The van der Waals surface area contributed by atoms with Gasteiger partial charge in [-0.2, -0.15) is 5.10 Å². The number of hydrogen-bond acceptors (Lipinski definition) is 2. The minimum absolute atomic E-state index is 0.949. The van der Waals surface area contributed by atoms with E-state index < -0.39 is 0 Å². The quantitative estimate of drug-likeness (QED) is 0.562. The highest BCUT2D eigenvalue weighted by atomic mass is 15.3. The molecular formula is C8H9N3. The molecule has 0 spiro atoms. The Bertz CT molecular complexity index is 389. The number of hydrogen-bond donors (Lipinski definition) is 0. The van der Waals surface area contributed by atoms with E-state index in [1.54, 1.807) is 4.68 Å². The van der Waals surface area contributed by atoms with E-state index in [0.717, 1.165) is 16.7 Å². The van der Waals surface area contributed by atoms with Gasteiger partial charge in [0.15, 0.2) is 5.65 Å². The van der Waals surface area contributed by atoms with Gasteiger partial charge in [0.1, 0.15) is 0 Å². The first kappa shape index (κ1) is 6.34. The third kappa shape index (κ3) is 0.888. The van der Waals surface area contributed by atoms with Gasteiger partial charge in [-0.25, -0.2) is 4.98 Å². The van der Waals surface area contributed by atoms with Crippen LogP contribution in [0.1, 0.15) is 5.69 Å². The summed E-state index contributed by atoms with van der Waals surface area (Å²) in [4.78, 5) is 4.34. The van der Waals surface area contributed by atoms with Crippen LogP contribution in [0, 0.1) is 6.92 Å². The second-order valence-electron chi connectivity index (χ2n) is 2.63. The average Bonchev–Trinajstić information content (AvgIpc) is 2.33. The summed E-state index contributed by atoms with van der Waals surface area (Å²) in [5.41, 5.74) is 1.98. The molecule has 0 unspecified atom stereocenters. The Morgan fingerprint density at radius 1 is 1.36 bits per heavy atom. The molecule has 2 aromatic heterocycles. The van der Waals surface area contributed by atoms with Gasteiger partial charge in [-0.15, -0.1) is 0 Å². The Hall–Kier alpha value is -1.38. The summed E-state index contributed by atoms with van der Waals surface area (Å²) < 4.78 is 1.78. The Balaban J connectivity index is 2.87. The molecule has 2 rings (SSSR count). The molecule has 56 valence electrons. The van der Waals surface area contributed by atoms with Gasteiger partial charge in [0.05, 0.1) is 6.20 Å². The highest BCUT2D eigenvalue weighted by Gasteiger charge is 1.98. The lowest BCUT2D eigenvalue weighted by Gasteiger charge is -1.93. The van der Waals surface area contributed by atoms with Crippen molar-refractivity contribution < 1.29 is 0 Å². The van der Waals surface area contributed by atoms with Crippen molar-refractivity contribution in [3.05, 3.63) is 24.0 Å². The van der Waals surface area contributed by atoms with Gasteiger partial charge >= 0.3 is 0 Å². The number of aryl methyl sites for hydroxylation is 2. The molecule has 0 radical (unpaired) electrons. The molecular weight excluding hydrogens is 138 g/mol. The lowest BCUT2D eigenvalue weighted by Crippen LogP contribution is -1.92. The molecule has 0 aliphatic carbocycles. The highest BCUT2D eigenvalue weighted by Crippen LogP contribution is 2.09. The van der Waals surface area contributed by atoms with Gasteiger partial charge in [-0.05, 0) is 19.1 Å². The van der Waals surface area contributed by atoms with E-state index in [9.17, 15) is 0 Å². The Kier molecular flexibility index (Phi) is 1.18. The average molecular weight is 147 g/mol. The zero-order valence-corrected chi connectivity index (χ0v) is 6.57. The van der Waals surface area contributed by atoms with E-state index in [2.05, 4.69) is 10.1 Å². The van der Waals surface area contributed by atoms with Crippen LogP contribution in [0.2, 0.25) is 0 Å². The largest absolute Gasteiger partial charge is 0.250 e. The number of pyridine rings is 1. The Labute approximate surface area is 64.7 Å². The third-order valence-electron chi connectivity index (χ3n) is 1.72. The molecule has 0 aromatic carbocycles. The van der Waals surface area contributed by atoms with Crippen LogP contribution in [0.25, 0.3) is 11.0 Å². The maximum Gasteiger partial charge on any atom is 0.157 e. The van der Waals surface area contributed by atoms with Gasteiger partial charge in [-0.3, -0.25) is 4.68 Å². The minimum Gasteiger partial charge on any atom is -0.250 e. The van der Waals surface area contributed by atoms with E-state index in [0.29, 0.717) is 0 Å². The van der Waals surface area contributed by atoms with E-state index in [1.807, 2.05) is 32.3 Å². The molecule has 0 amide bonds. The number of rotatable bonds is 0. The fourth-order valence-corrected chi connectivity index (χ4v) is 1.12. The molecule has 0 aliphatic heterocycles. The van der Waals surface area contributed by atoms with Crippen molar-refractivity contribution in [2.75, 3.05) is 0 Å². The van der Waals surface area contributed by atoms with Crippen LogP contribution < -0.4 is 0 Å². The standard InChI is InChI=1S/C8H9N3/c1-6-3-4-7-5-9-11(2)8(7)10-6/h3-5H,1-2H3. The number of aromatic nitrogens is 3. The minimum atomic E-state index is 0.949. The molecule has 0 bridgehead atoms. The van der Waals surface area contributed by atoms with Gasteiger partial charge in [0.2, 0.25) is 0 Å². The number of nitrogens with zero attached hydrogens (tertiary/aromatic N) is 3. The molecule has 0 saturated carbocycles. The molecule has 3 heteroatoms. The normalized spacial score (nSPS) is 10.7. The van der Waals surface area contributed by atoms with Gasteiger partial charge in [0, 0.05) is 18.1 Å². The Morgan fingerprint density at radius 2 is 2.18 bits per heavy atom. The molecule has 0 saturated heterocycles. The summed E-state index contributed by atoms with van der Waals surface area (Å²) in [5, 5.41) is 5.19. The molecule has 11 heavy (non-hydrogen) atoms. The molecule has 0 N–H and O–H groups in total. The molecule has 0 aliphatic rings. The van der Waals surface area contributed by atoms with Gasteiger partial charge in [-0.1, -0.05) is 0 Å². The van der Waals surface area contributed by atoms with E-state index in [4.69, 9.17) is 0 Å². The number of fused-ring (bicyclic) bond motifs is 1. The Morgan fingerprint density at radius 3 is 3.00 bits per heavy atom. The molecule has 2 aromatic rings. The third-order valence-corrected chi connectivity index (χ3v) is 1.72. The highest BCUT2D eigenvalue weighted by molar-refractivity contribution is 5.74. The first-order valence-corrected chi connectivity index (χ1v) is 3.53. The lowest BCUT2D eigenvalue weighted by atomic mass is 10.3. The second-order valence-corrected chi connectivity index (χ2v) is 2.63. The zero-order chi connectivity index (χ0) is 7.84. The van der Waals surface area contributed by atoms with Crippen molar-refractivity contribution in [3.8, 4) is 0 Å². The molecule has 0 fully saturated rings. The van der Waals surface area contributed by atoms with Crippen LogP contribution in [-0.2, 0) is 7.05 Å². The van der Waals surface area contributed by atoms with Crippen LogP contribution in [0.4, 0.5) is 0 Å². The molecule has 3 nitrogen and oxygen atoms in total. The summed E-state index contributed by atoms with van der Waals surface area (Å²) in [6, 6.07) is 4.02. The van der Waals surface area contributed by atoms with Crippen LogP contribution in [0.15, 0.2) is 18.3 Å². The maximum atomic E-state index is 4.34. The van der Waals surface area contributed by atoms with Crippen molar-refractivity contribution in [3.63, 3.8) is 0 Å². The first-order valence-electron chi connectivity index (χ1n) is 3.53. The maximum absolute atomic E-state index is 4.34. The fraction of sp³-hybridized carbons (Fsp3) is 0.250. The summed E-state index contributed by atoms with van der Waals surface area (Å²) in [6.45, 7) is 1.98. The van der Waals surface area contributed by atoms with Crippen molar-refractivity contribution >= 4 is 11.0 Å². The van der Waals surface area contributed by atoms with E-state index in [1.165, 1.54) is 0 Å². The van der Waals surface area contributed by atoms with Crippen molar-refractivity contribution in [2.24, 2.45) is 7.05 Å². The topological polar surface area (TPSA) is 30.7 Å². The van der Waals surface area contributed by atoms with Crippen molar-refractivity contribution in [1.82, 2.24) is 14.8 Å². The summed E-state index contributed by atoms with van der Waals surface area (Å²) >= 11 is 0. The van der Waals surface area contributed by atoms with Crippen LogP contribution in [0.3, 0.4) is 0 Å². The van der Waals surface area contributed by atoms with Gasteiger partial charge in [0.25, 0.3) is 0 Å². The second kappa shape index (κ2) is 2.05. The van der Waals surface area contributed by atoms with Crippen molar-refractivity contribution in [1.29, 1.82) is 0 Å². The molecule has 2 heterocycles. The summed E-state index contributed by atoms with van der Waals surface area (Å²) in [5.74, 6) is 0. The SMILES string of the molecule is Cc1ccc2cnn(C)c2n1. The van der Waals surface area contributed by atoms with Gasteiger partial charge < -0.3 is 0 Å². The zero-order valence-electron chi connectivity index (χ0n) is 6.57. The monoisotopic (exact) mass is 147 g/mol. The molecule has 0 atom stereocenters.